The summed E-state index contributed by atoms with van der Waals surface area (Å²) in [4.78, 5) is 15.4. The summed E-state index contributed by atoms with van der Waals surface area (Å²) in [6.45, 7) is 1.09. The highest BCUT2D eigenvalue weighted by Gasteiger charge is 2.43. The van der Waals surface area contributed by atoms with Gasteiger partial charge in [0, 0.05) is 17.6 Å². The minimum atomic E-state index is 0.123. The minimum absolute atomic E-state index is 0.123. The van der Waals surface area contributed by atoms with E-state index in [9.17, 15) is 4.79 Å². The Morgan fingerprint density at radius 2 is 1.64 bits per heavy atom. The van der Waals surface area contributed by atoms with Crippen molar-refractivity contribution in [3.05, 3.63) is 53.6 Å². The summed E-state index contributed by atoms with van der Waals surface area (Å²) in [5.74, 6) is 2.92. The van der Waals surface area contributed by atoms with Crippen molar-refractivity contribution in [2.45, 2.75) is 43.7 Å². The molecule has 5 rings (SSSR count). The van der Waals surface area contributed by atoms with Gasteiger partial charge in [-0.25, -0.2) is 0 Å². The SMILES string of the molecule is COc1ccc([C@H]2C[C@H]3CC[C@@H](C2)N3C(=O)c2ccc3c(c2)OCCO3)cc1. The van der Waals surface area contributed by atoms with Crippen LogP contribution in [0.25, 0.3) is 0 Å². The monoisotopic (exact) mass is 379 g/mol. The highest BCUT2D eigenvalue weighted by atomic mass is 16.6. The Balaban J connectivity index is 1.34. The average Bonchev–Trinajstić information content (AvgIpc) is 3.02. The molecule has 0 unspecified atom stereocenters. The summed E-state index contributed by atoms with van der Waals surface area (Å²) in [6, 6.07) is 14.6. The number of carbonyl (C=O) groups is 1. The summed E-state index contributed by atoms with van der Waals surface area (Å²) < 4.78 is 16.5. The lowest BCUT2D eigenvalue weighted by Crippen LogP contribution is -2.46. The van der Waals surface area contributed by atoms with Gasteiger partial charge in [0.05, 0.1) is 7.11 Å². The molecule has 2 bridgehead atoms. The van der Waals surface area contributed by atoms with Gasteiger partial charge in [0.15, 0.2) is 11.5 Å². The molecular formula is C23H25NO4. The highest BCUT2D eigenvalue weighted by molar-refractivity contribution is 5.95. The van der Waals surface area contributed by atoms with Gasteiger partial charge in [-0.05, 0) is 67.5 Å². The Morgan fingerprint density at radius 3 is 2.32 bits per heavy atom. The van der Waals surface area contributed by atoms with Crippen molar-refractivity contribution < 1.29 is 19.0 Å². The van der Waals surface area contributed by atoms with Gasteiger partial charge in [-0.2, -0.15) is 0 Å². The number of piperidine rings is 1. The fraction of sp³-hybridized carbons (Fsp3) is 0.435. The topological polar surface area (TPSA) is 48.0 Å². The molecule has 0 spiro atoms. The quantitative estimate of drug-likeness (QED) is 0.808. The molecule has 3 atom stereocenters. The van der Waals surface area contributed by atoms with Crippen LogP contribution in [0.15, 0.2) is 42.5 Å². The van der Waals surface area contributed by atoms with Crippen LogP contribution in [0.5, 0.6) is 17.2 Å². The zero-order valence-corrected chi connectivity index (χ0v) is 16.1. The second kappa shape index (κ2) is 7.04. The number of fused-ring (bicyclic) bond motifs is 3. The van der Waals surface area contributed by atoms with Gasteiger partial charge in [-0.1, -0.05) is 12.1 Å². The maximum atomic E-state index is 13.3. The Kier molecular flexibility index (Phi) is 4.38. The van der Waals surface area contributed by atoms with Crippen LogP contribution in [0.4, 0.5) is 0 Å². The number of hydrogen-bond donors (Lipinski definition) is 0. The lowest BCUT2D eigenvalue weighted by Gasteiger charge is -2.39. The maximum absolute atomic E-state index is 13.3. The van der Waals surface area contributed by atoms with Crippen molar-refractivity contribution in [1.29, 1.82) is 0 Å². The smallest absolute Gasteiger partial charge is 0.254 e. The normalized spacial score (nSPS) is 25.5. The van der Waals surface area contributed by atoms with Crippen molar-refractivity contribution in [2.24, 2.45) is 0 Å². The van der Waals surface area contributed by atoms with E-state index in [1.54, 1.807) is 7.11 Å². The predicted octanol–water partition coefficient (Wildman–Crippen LogP) is 4.02. The first-order valence-electron chi connectivity index (χ1n) is 10.1. The van der Waals surface area contributed by atoms with Crippen LogP contribution in [0.1, 0.15) is 47.5 Å². The van der Waals surface area contributed by atoms with Crippen LogP contribution in [-0.2, 0) is 0 Å². The summed E-state index contributed by atoms with van der Waals surface area (Å²) in [7, 11) is 1.69. The zero-order chi connectivity index (χ0) is 19.1. The molecule has 5 heteroatoms. The van der Waals surface area contributed by atoms with Crippen LogP contribution in [0.3, 0.4) is 0 Å². The van der Waals surface area contributed by atoms with Crippen LogP contribution in [-0.4, -0.2) is 43.2 Å². The van der Waals surface area contributed by atoms with E-state index in [1.807, 2.05) is 30.3 Å². The third-order valence-electron chi connectivity index (χ3n) is 6.34. The highest BCUT2D eigenvalue weighted by Crippen LogP contribution is 2.44. The molecule has 0 aliphatic carbocycles. The molecule has 3 aliphatic heterocycles. The van der Waals surface area contributed by atoms with Gasteiger partial charge < -0.3 is 19.1 Å². The third kappa shape index (κ3) is 2.99. The number of ether oxygens (including phenoxy) is 3. The molecule has 2 fully saturated rings. The van der Waals surface area contributed by atoms with Gasteiger partial charge in [0.1, 0.15) is 19.0 Å². The molecule has 0 saturated carbocycles. The number of hydrogen-bond acceptors (Lipinski definition) is 4. The molecule has 0 radical (unpaired) electrons. The second-order valence-corrected chi connectivity index (χ2v) is 7.90. The van der Waals surface area contributed by atoms with Gasteiger partial charge >= 0.3 is 0 Å². The van der Waals surface area contributed by atoms with Crippen LogP contribution in [0, 0.1) is 0 Å². The lowest BCUT2D eigenvalue weighted by atomic mass is 9.84. The molecular weight excluding hydrogens is 354 g/mol. The standard InChI is InChI=1S/C23H25NO4/c1-26-20-7-2-15(3-8-20)17-12-18-5-6-19(13-17)24(18)23(25)16-4-9-21-22(14-16)28-11-10-27-21/h2-4,7-9,14,17-19H,5-6,10-13H2,1H3/t17-,18+,19-. The van der Waals surface area contributed by atoms with E-state index in [2.05, 4.69) is 17.0 Å². The van der Waals surface area contributed by atoms with E-state index in [-0.39, 0.29) is 5.91 Å². The fourth-order valence-electron chi connectivity index (χ4n) is 4.98. The number of methoxy groups -OCH3 is 1. The minimum Gasteiger partial charge on any atom is -0.497 e. The molecule has 0 N–H and O–H groups in total. The molecule has 0 aromatic heterocycles. The molecule has 2 aromatic carbocycles. The van der Waals surface area contributed by atoms with Gasteiger partial charge in [0.2, 0.25) is 0 Å². The Morgan fingerprint density at radius 1 is 0.964 bits per heavy atom. The Labute approximate surface area is 165 Å². The first-order valence-corrected chi connectivity index (χ1v) is 10.1. The largest absolute Gasteiger partial charge is 0.497 e. The van der Waals surface area contributed by atoms with Gasteiger partial charge in [-0.3, -0.25) is 4.79 Å². The summed E-state index contributed by atoms with van der Waals surface area (Å²) >= 11 is 0. The number of benzene rings is 2. The first-order chi connectivity index (χ1) is 13.7. The average molecular weight is 379 g/mol. The molecule has 3 aliphatic rings. The molecule has 5 nitrogen and oxygen atoms in total. The van der Waals surface area contributed by atoms with E-state index in [1.165, 1.54) is 5.56 Å². The number of rotatable bonds is 3. The molecule has 2 aromatic rings. The van der Waals surface area contributed by atoms with Crippen LogP contribution < -0.4 is 14.2 Å². The van der Waals surface area contributed by atoms with Crippen LogP contribution >= 0.6 is 0 Å². The molecule has 1 amide bonds. The van der Waals surface area contributed by atoms with Gasteiger partial charge in [0.25, 0.3) is 5.91 Å². The van der Waals surface area contributed by atoms with E-state index in [0.717, 1.165) is 37.2 Å². The van der Waals surface area contributed by atoms with Crippen molar-refractivity contribution in [2.75, 3.05) is 20.3 Å². The lowest BCUT2D eigenvalue weighted by molar-refractivity contribution is 0.0570. The van der Waals surface area contributed by atoms with Crippen molar-refractivity contribution in [3.8, 4) is 17.2 Å². The molecule has 3 heterocycles. The number of amides is 1. The van der Waals surface area contributed by atoms with Gasteiger partial charge in [-0.15, -0.1) is 0 Å². The molecule has 2 saturated heterocycles. The van der Waals surface area contributed by atoms with E-state index < -0.39 is 0 Å². The fourth-order valence-corrected chi connectivity index (χ4v) is 4.98. The Hall–Kier alpha value is -2.69. The van der Waals surface area contributed by atoms with Crippen molar-refractivity contribution in [1.82, 2.24) is 4.90 Å². The number of nitrogens with zero attached hydrogens (tertiary/aromatic N) is 1. The molecule has 28 heavy (non-hydrogen) atoms. The summed E-state index contributed by atoms with van der Waals surface area (Å²) in [5, 5.41) is 0. The van der Waals surface area contributed by atoms with E-state index in [0.29, 0.717) is 42.5 Å². The van der Waals surface area contributed by atoms with Crippen LogP contribution in [0.2, 0.25) is 0 Å². The summed E-state index contributed by atoms with van der Waals surface area (Å²) in [5.41, 5.74) is 2.05. The van der Waals surface area contributed by atoms with E-state index >= 15 is 0 Å². The first kappa shape index (κ1) is 17.4. The van der Waals surface area contributed by atoms with Crippen molar-refractivity contribution in [3.63, 3.8) is 0 Å². The van der Waals surface area contributed by atoms with E-state index in [4.69, 9.17) is 14.2 Å². The summed E-state index contributed by atoms with van der Waals surface area (Å²) in [6.07, 6.45) is 4.24. The molecule has 146 valence electrons. The Bertz CT molecular complexity index is 865. The number of carbonyl (C=O) groups excluding carboxylic acids is 1. The second-order valence-electron chi connectivity index (χ2n) is 7.90. The van der Waals surface area contributed by atoms with Crippen molar-refractivity contribution >= 4 is 5.91 Å². The third-order valence-corrected chi connectivity index (χ3v) is 6.34. The predicted molar refractivity (Wildman–Crippen MR) is 105 cm³/mol. The zero-order valence-electron chi connectivity index (χ0n) is 16.1. The maximum Gasteiger partial charge on any atom is 0.254 e.